The molecule has 1 fully saturated rings. The molecule has 1 aliphatic heterocycles. The van der Waals surface area contributed by atoms with Crippen LogP contribution in [0.2, 0.25) is 0 Å². The van der Waals surface area contributed by atoms with Crippen LogP contribution in [0.4, 0.5) is 5.69 Å². The van der Waals surface area contributed by atoms with E-state index in [0.29, 0.717) is 23.8 Å². The van der Waals surface area contributed by atoms with Crippen molar-refractivity contribution >= 4 is 11.6 Å². The minimum Gasteiger partial charge on any atom is -0.491 e. The van der Waals surface area contributed by atoms with E-state index in [4.69, 9.17) is 14.2 Å². The molecule has 3 aromatic carbocycles. The fraction of sp³-hybridized carbons (Fsp3) is 0.240. The third-order valence-electron chi connectivity index (χ3n) is 4.91. The fourth-order valence-electron chi connectivity index (χ4n) is 3.35. The number of carbonyl (C=O) groups is 1. The molecular formula is C25H25NO4. The van der Waals surface area contributed by atoms with Gasteiger partial charge in [0.15, 0.2) is 6.61 Å². The Balaban J connectivity index is 1.26. The highest BCUT2D eigenvalue weighted by molar-refractivity contribution is 5.92. The Morgan fingerprint density at radius 2 is 1.70 bits per heavy atom. The Morgan fingerprint density at radius 3 is 2.47 bits per heavy atom. The molecule has 1 amide bonds. The lowest BCUT2D eigenvalue weighted by atomic mass is 10.1. The van der Waals surface area contributed by atoms with Crippen LogP contribution < -0.4 is 14.8 Å². The van der Waals surface area contributed by atoms with E-state index < -0.39 is 0 Å². The maximum Gasteiger partial charge on any atom is 0.262 e. The molecule has 1 unspecified atom stereocenters. The van der Waals surface area contributed by atoms with Crippen molar-refractivity contribution < 1.29 is 19.0 Å². The fourth-order valence-corrected chi connectivity index (χ4v) is 3.35. The Labute approximate surface area is 176 Å². The average Bonchev–Trinajstić information content (AvgIpc) is 3.31. The van der Waals surface area contributed by atoms with E-state index >= 15 is 0 Å². The number of rotatable bonds is 8. The highest BCUT2D eigenvalue weighted by atomic mass is 16.5. The quantitative estimate of drug-likeness (QED) is 0.579. The van der Waals surface area contributed by atoms with Crippen molar-refractivity contribution in [3.05, 3.63) is 78.9 Å². The zero-order valence-electron chi connectivity index (χ0n) is 16.8. The molecule has 1 N–H and O–H groups in total. The molecular weight excluding hydrogens is 378 g/mol. The monoisotopic (exact) mass is 403 g/mol. The Kier molecular flexibility index (Phi) is 6.62. The van der Waals surface area contributed by atoms with Gasteiger partial charge >= 0.3 is 0 Å². The third-order valence-corrected chi connectivity index (χ3v) is 4.91. The van der Waals surface area contributed by atoms with Gasteiger partial charge in [-0.2, -0.15) is 0 Å². The van der Waals surface area contributed by atoms with Crippen molar-refractivity contribution in [1.29, 1.82) is 0 Å². The molecule has 0 radical (unpaired) electrons. The summed E-state index contributed by atoms with van der Waals surface area (Å²) in [6.45, 7) is 1.27. The first-order valence-corrected chi connectivity index (χ1v) is 10.2. The number of ether oxygens (including phenoxy) is 3. The summed E-state index contributed by atoms with van der Waals surface area (Å²) < 4.78 is 17.0. The van der Waals surface area contributed by atoms with Crippen LogP contribution in [0.5, 0.6) is 11.5 Å². The second kappa shape index (κ2) is 9.94. The smallest absolute Gasteiger partial charge is 0.262 e. The summed E-state index contributed by atoms with van der Waals surface area (Å²) >= 11 is 0. The highest BCUT2D eigenvalue weighted by Crippen LogP contribution is 2.22. The van der Waals surface area contributed by atoms with Gasteiger partial charge in [-0.05, 0) is 48.2 Å². The van der Waals surface area contributed by atoms with Gasteiger partial charge in [0.25, 0.3) is 5.91 Å². The molecule has 4 rings (SSSR count). The highest BCUT2D eigenvalue weighted by Gasteiger charge is 2.16. The summed E-state index contributed by atoms with van der Waals surface area (Å²) in [6.07, 6.45) is 2.27. The summed E-state index contributed by atoms with van der Waals surface area (Å²) in [5.41, 5.74) is 2.92. The van der Waals surface area contributed by atoms with Gasteiger partial charge in [-0.15, -0.1) is 0 Å². The molecule has 0 aromatic heterocycles. The van der Waals surface area contributed by atoms with Gasteiger partial charge in [-0.3, -0.25) is 4.79 Å². The van der Waals surface area contributed by atoms with E-state index in [-0.39, 0.29) is 18.6 Å². The van der Waals surface area contributed by atoms with Crippen LogP contribution in [-0.4, -0.2) is 31.8 Å². The van der Waals surface area contributed by atoms with Gasteiger partial charge in [-0.1, -0.05) is 48.5 Å². The van der Waals surface area contributed by atoms with Crippen molar-refractivity contribution in [1.82, 2.24) is 0 Å². The van der Waals surface area contributed by atoms with E-state index in [0.717, 1.165) is 30.6 Å². The third kappa shape index (κ3) is 5.61. The van der Waals surface area contributed by atoms with Crippen molar-refractivity contribution in [2.24, 2.45) is 0 Å². The molecule has 0 bridgehead atoms. The second-order valence-corrected chi connectivity index (χ2v) is 7.20. The van der Waals surface area contributed by atoms with Gasteiger partial charge in [-0.25, -0.2) is 0 Å². The topological polar surface area (TPSA) is 56.8 Å². The number of hydrogen-bond acceptors (Lipinski definition) is 4. The summed E-state index contributed by atoms with van der Waals surface area (Å²) in [4.78, 5) is 12.3. The van der Waals surface area contributed by atoms with Gasteiger partial charge in [0.1, 0.15) is 18.1 Å². The van der Waals surface area contributed by atoms with Gasteiger partial charge < -0.3 is 19.5 Å². The number of benzene rings is 3. The van der Waals surface area contributed by atoms with Crippen LogP contribution in [-0.2, 0) is 9.53 Å². The first-order chi connectivity index (χ1) is 14.8. The largest absolute Gasteiger partial charge is 0.491 e. The van der Waals surface area contributed by atoms with E-state index in [2.05, 4.69) is 17.4 Å². The molecule has 1 heterocycles. The Hall–Kier alpha value is -3.31. The lowest BCUT2D eigenvalue weighted by Gasteiger charge is -2.13. The predicted octanol–water partition coefficient (Wildman–Crippen LogP) is 4.93. The minimum atomic E-state index is -0.224. The van der Waals surface area contributed by atoms with Crippen molar-refractivity contribution in [2.75, 3.05) is 25.1 Å². The lowest BCUT2D eigenvalue weighted by molar-refractivity contribution is -0.118. The van der Waals surface area contributed by atoms with Crippen LogP contribution in [0.1, 0.15) is 12.8 Å². The summed E-state index contributed by atoms with van der Waals surface area (Å²) in [7, 11) is 0. The molecule has 1 aliphatic rings. The molecule has 3 aromatic rings. The van der Waals surface area contributed by atoms with Crippen LogP contribution in [0.15, 0.2) is 78.9 Å². The molecule has 0 aliphatic carbocycles. The molecule has 5 heteroatoms. The van der Waals surface area contributed by atoms with E-state index in [1.165, 1.54) is 0 Å². The van der Waals surface area contributed by atoms with Crippen molar-refractivity contribution in [3.63, 3.8) is 0 Å². The summed E-state index contributed by atoms with van der Waals surface area (Å²) in [6, 6.07) is 25.2. The Bertz CT molecular complexity index is 950. The molecule has 1 saturated heterocycles. The SMILES string of the molecule is O=C(COc1ccc(-c2ccccc2)cc1)Nc1cccc(OCC2CCCO2)c1. The zero-order chi connectivity index (χ0) is 20.6. The van der Waals surface area contributed by atoms with E-state index in [1.807, 2.05) is 66.7 Å². The van der Waals surface area contributed by atoms with Crippen LogP contribution in [0.25, 0.3) is 11.1 Å². The summed E-state index contributed by atoms with van der Waals surface area (Å²) in [5, 5.41) is 2.84. The Morgan fingerprint density at radius 1 is 0.900 bits per heavy atom. The molecule has 154 valence electrons. The lowest BCUT2D eigenvalue weighted by Crippen LogP contribution is -2.20. The van der Waals surface area contributed by atoms with Gasteiger partial charge in [0.05, 0.1) is 6.10 Å². The predicted molar refractivity (Wildman–Crippen MR) is 117 cm³/mol. The minimum absolute atomic E-state index is 0.0638. The summed E-state index contributed by atoms with van der Waals surface area (Å²) in [5.74, 6) is 1.14. The van der Waals surface area contributed by atoms with E-state index in [9.17, 15) is 4.79 Å². The number of amides is 1. The standard InChI is InChI=1S/C25H25NO4/c27-25(18-30-22-13-11-20(12-14-22)19-6-2-1-3-7-19)26-21-8-4-9-23(16-21)29-17-24-10-5-15-28-24/h1-4,6-9,11-14,16,24H,5,10,15,17-18H2,(H,26,27). The first-order valence-electron chi connectivity index (χ1n) is 10.2. The maximum atomic E-state index is 12.3. The zero-order valence-corrected chi connectivity index (χ0v) is 16.8. The normalized spacial score (nSPS) is 15.5. The van der Waals surface area contributed by atoms with Gasteiger partial charge in [0, 0.05) is 18.4 Å². The molecule has 0 spiro atoms. The van der Waals surface area contributed by atoms with E-state index in [1.54, 1.807) is 0 Å². The van der Waals surface area contributed by atoms with Crippen LogP contribution in [0, 0.1) is 0 Å². The number of anilines is 1. The maximum absolute atomic E-state index is 12.3. The van der Waals surface area contributed by atoms with Crippen LogP contribution in [0.3, 0.4) is 0 Å². The van der Waals surface area contributed by atoms with Crippen LogP contribution >= 0.6 is 0 Å². The first kappa shape index (κ1) is 20.0. The molecule has 30 heavy (non-hydrogen) atoms. The number of nitrogens with one attached hydrogen (secondary N) is 1. The molecule has 5 nitrogen and oxygen atoms in total. The number of carbonyl (C=O) groups excluding carboxylic acids is 1. The average molecular weight is 403 g/mol. The molecule has 1 atom stereocenters. The van der Waals surface area contributed by atoms with Gasteiger partial charge in [0.2, 0.25) is 0 Å². The second-order valence-electron chi connectivity index (χ2n) is 7.20. The van der Waals surface area contributed by atoms with Crippen molar-refractivity contribution in [3.8, 4) is 22.6 Å². The number of hydrogen-bond donors (Lipinski definition) is 1. The van der Waals surface area contributed by atoms with Crippen molar-refractivity contribution in [2.45, 2.75) is 18.9 Å². The molecule has 0 saturated carbocycles.